The van der Waals surface area contributed by atoms with E-state index >= 15 is 0 Å². The maximum absolute atomic E-state index is 12.8. The van der Waals surface area contributed by atoms with Crippen LogP contribution in [0.1, 0.15) is 43.7 Å². The zero-order valence-corrected chi connectivity index (χ0v) is 16.3. The van der Waals surface area contributed by atoms with Gasteiger partial charge in [-0.05, 0) is 81.0 Å². The second kappa shape index (κ2) is 6.98. The summed E-state index contributed by atoms with van der Waals surface area (Å²) in [6, 6.07) is 7.00. The molecule has 1 amide bonds. The molecule has 0 heterocycles. The van der Waals surface area contributed by atoms with E-state index in [1.165, 1.54) is 0 Å². The van der Waals surface area contributed by atoms with Gasteiger partial charge >= 0.3 is 0 Å². The normalized spacial score (nSPS) is 11.4. The number of nitrogens with one attached hydrogen (secondary N) is 2. The van der Waals surface area contributed by atoms with E-state index in [2.05, 4.69) is 10.3 Å². The van der Waals surface area contributed by atoms with Crippen LogP contribution in [0, 0.1) is 41.5 Å². The Morgan fingerprint density at radius 2 is 1.28 bits per heavy atom. The molecular formula is C19H24N2O3S. The largest absolute Gasteiger partial charge is 0.273 e. The molecule has 0 saturated carbocycles. The maximum atomic E-state index is 12.8. The molecule has 2 aromatic rings. The minimum Gasteiger partial charge on any atom is -0.273 e. The molecule has 5 nitrogen and oxygen atoms in total. The van der Waals surface area contributed by atoms with E-state index < -0.39 is 15.9 Å². The second-order valence-corrected chi connectivity index (χ2v) is 7.95. The average molecular weight is 360 g/mol. The Balaban J connectivity index is 2.35. The molecule has 25 heavy (non-hydrogen) atoms. The molecule has 0 saturated heterocycles. The van der Waals surface area contributed by atoms with Crippen molar-refractivity contribution in [2.75, 3.05) is 0 Å². The summed E-state index contributed by atoms with van der Waals surface area (Å²) in [6.45, 7) is 11.2. The highest BCUT2D eigenvalue weighted by Gasteiger charge is 2.24. The van der Waals surface area contributed by atoms with Crippen LogP contribution in [0.5, 0.6) is 0 Å². The number of amides is 1. The Morgan fingerprint density at radius 1 is 0.800 bits per heavy atom. The molecular weight excluding hydrogens is 336 g/mol. The van der Waals surface area contributed by atoms with Gasteiger partial charge in [0, 0.05) is 5.56 Å². The summed E-state index contributed by atoms with van der Waals surface area (Å²) in [5, 5.41) is 0. The monoisotopic (exact) mass is 360 g/mol. The van der Waals surface area contributed by atoms with Crippen LogP contribution in [0.4, 0.5) is 0 Å². The molecule has 2 aromatic carbocycles. The summed E-state index contributed by atoms with van der Waals surface area (Å²) >= 11 is 0. The molecule has 0 aromatic heterocycles. The number of carbonyl (C=O) groups is 1. The molecule has 0 bridgehead atoms. The van der Waals surface area contributed by atoms with Gasteiger partial charge in [0.15, 0.2) is 0 Å². The number of aryl methyl sites for hydroxylation is 1. The summed E-state index contributed by atoms with van der Waals surface area (Å²) < 4.78 is 25.6. The molecule has 2 N–H and O–H groups in total. The number of hydrogen-bond acceptors (Lipinski definition) is 3. The van der Waals surface area contributed by atoms with E-state index in [4.69, 9.17) is 0 Å². The fraction of sp³-hybridized carbons (Fsp3) is 0.316. The number of carbonyl (C=O) groups excluding carboxylic acids is 1. The molecule has 0 aliphatic carbocycles. The first-order valence-electron chi connectivity index (χ1n) is 8.02. The van der Waals surface area contributed by atoms with Crippen LogP contribution < -0.4 is 10.3 Å². The van der Waals surface area contributed by atoms with Crippen molar-refractivity contribution in [3.8, 4) is 0 Å². The lowest BCUT2D eigenvalue weighted by Crippen LogP contribution is -2.42. The number of sulfonamides is 1. The maximum Gasteiger partial charge on any atom is 0.266 e. The van der Waals surface area contributed by atoms with Gasteiger partial charge in [-0.3, -0.25) is 10.2 Å². The third kappa shape index (κ3) is 3.60. The van der Waals surface area contributed by atoms with Gasteiger partial charge in [-0.15, -0.1) is 4.83 Å². The molecule has 2 rings (SSSR count). The van der Waals surface area contributed by atoms with Gasteiger partial charge in [0.05, 0.1) is 4.90 Å². The summed E-state index contributed by atoms with van der Waals surface area (Å²) in [7, 11) is -3.88. The minimum atomic E-state index is -3.88. The summed E-state index contributed by atoms with van der Waals surface area (Å²) in [6.07, 6.45) is 0. The zero-order valence-electron chi connectivity index (χ0n) is 15.4. The summed E-state index contributed by atoms with van der Waals surface area (Å²) in [5.74, 6) is -0.488. The Kier molecular flexibility index (Phi) is 5.34. The van der Waals surface area contributed by atoms with Crippen molar-refractivity contribution >= 4 is 15.9 Å². The van der Waals surface area contributed by atoms with Crippen molar-refractivity contribution in [2.24, 2.45) is 0 Å². The first kappa shape index (κ1) is 19.1. The number of hydrazine groups is 1. The van der Waals surface area contributed by atoms with Crippen LogP contribution in [0.2, 0.25) is 0 Å². The van der Waals surface area contributed by atoms with Gasteiger partial charge in [0.2, 0.25) is 0 Å². The summed E-state index contributed by atoms with van der Waals surface area (Å²) in [4.78, 5) is 14.7. The van der Waals surface area contributed by atoms with E-state index in [-0.39, 0.29) is 4.90 Å². The van der Waals surface area contributed by atoms with Gasteiger partial charge in [0.25, 0.3) is 15.9 Å². The first-order valence-corrected chi connectivity index (χ1v) is 9.51. The van der Waals surface area contributed by atoms with Crippen LogP contribution in [0.15, 0.2) is 29.2 Å². The number of rotatable bonds is 4. The van der Waals surface area contributed by atoms with Gasteiger partial charge in [0.1, 0.15) is 0 Å². The topological polar surface area (TPSA) is 75.3 Å². The third-order valence-electron chi connectivity index (χ3n) is 4.89. The lowest BCUT2D eigenvalue weighted by Gasteiger charge is -2.19. The fourth-order valence-corrected chi connectivity index (χ4v) is 4.37. The molecule has 0 aliphatic heterocycles. The first-order chi connectivity index (χ1) is 11.6. The van der Waals surface area contributed by atoms with E-state index in [9.17, 15) is 13.2 Å². The Bertz CT molecular complexity index is 918. The molecule has 0 unspecified atom stereocenters. The van der Waals surface area contributed by atoms with Gasteiger partial charge in [-0.25, -0.2) is 8.42 Å². The Morgan fingerprint density at radius 3 is 1.80 bits per heavy atom. The number of benzene rings is 2. The predicted octanol–water partition coefficient (Wildman–Crippen LogP) is 3.16. The zero-order chi connectivity index (χ0) is 18.9. The Labute approximate surface area is 149 Å². The molecule has 0 atom stereocenters. The van der Waals surface area contributed by atoms with Gasteiger partial charge in [-0.2, -0.15) is 0 Å². The van der Waals surface area contributed by atoms with Crippen LogP contribution in [0.25, 0.3) is 0 Å². The number of hydrogen-bond donors (Lipinski definition) is 2. The quantitative estimate of drug-likeness (QED) is 0.823. The van der Waals surface area contributed by atoms with E-state index in [0.29, 0.717) is 16.7 Å². The molecule has 0 fully saturated rings. The van der Waals surface area contributed by atoms with Crippen molar-refractivity contribution < 1.29 is 13.2 Å². The van der Waals surface area contributed by atoms with Crippen LogP contribution >= 0.6 is 0 Å². The predicted molar refractivity (Wildman–Crippen MR) is 99.1 cm³/mol. The van der Waals surface area contributed by atoms with Crippen LogP contribution in [0.3, 0.4) is 0 Å². The standard InChI is InChI=1S/C19H24N2O3S/c1-11-9-7-8-10-17(11)19(22)20-21-25(23,24)18-15(5)13(3)12(2)14(4)16(18)6/h7-10,21H,1-6H3,(H,20,22). The van der Waals surface area contributed by atoms with E-state index in [1.54, 1.807) is 39.0 Å². The molecule has 134 valence electrons. The smallest absolute Gasteiger partial charge is 0.266 e. The van der Waals surface area contributed by atoms with Crippen molar-refractivity contribution in [1.82, 2.24) is 10.3 Å². The minimum absolute atomic E-state index is 0.221. The molecule has 0 radical (unpaired) electrons. The third-order valence-corrected chi connectivity index (χ3v) is 6.41. The molecule has 0 aliphatic rings. The lowest BCUT2D eigenvalue weighted by atomic mass is 9.95. The highest BCUT2D eigenvalue weighted by Crippen LogP contribution is 2.29. The van der Waals surface area contributed by atoms with Crippen LogP contribution in [-0.2, 0) is 10.0 Å². The van der Waals surface area contributed by atoms with Crippen molar-refractivity contribution in [3.05, 3.63) is 63.2 Å². The Hall–Kier alpha value is -2.18. The lowest BCUT2D eigenvalue weighted by molar-refractivity contribution is 0.0944. The van der Waals surface area contributed by atoms with Crippen LogP contribution in [-0.4, -0.2) is 14.3 Å². The van der Waals surface area contributed by atoms with Crippen molar-refractivity contribution in [2.45, 2.75) is 46.4 Å². The van der Waals surface area contributed by atoms with E-state index in [1.807, 2.05) is 26.8 Å². The fourth-order valence-electron chi connectivity index (χ4n) is 2.93. The highest BCUT2D eigenvalue weighted by molar-refractivity contribution is 7.89. The van der Waals surface area contributed by atoms with Gasteiger partial charge < -0.3 is 0 Å². The van der Waals surface area contributed by atoms with Gasteiger partial charge in [-0.1, -0.05) is 18.2 Å². The SMILES string of the molecule is Cc1ccccc1C(=O)NNS(=O)(=O)c1c(C)c(C)c(C)c(C)c1C. The summed E-state index contributed by atoms with van der Waals surface area (Å²) in [5.41, 5.74) is 7.85. The highest BCUT2D eigenvalue weighted by atomic mass is 32.2. The van der Waals surface area contributed by atoms with Crippen molar-refractivity contribution in [1.29, 1.82) is 0 Å². The average Bonchev–Trinajstić information content (AvgIpc) is 2.56. The molecule has 0 spiro atoms. The second-order valence-electron chi connectivity index (χ2n) is 6.33. The molecule has 6 heteroatoms. The van der Waals surface area contributed by atoms with E-state index in [0.717, 1.165) is 22.3 Å². The van der Waals surface area contributed by atoms with Crippen molar-refractivity contribution in [3.63, 3.8) is 0 Å².